The topological polar surface area (TPSA) is 57.5 Å². The molecule has 26 heavy (non-hydrogen) atoms. The molecule has 0 amide bonds. The van der Waals surface area contributed by atoms with Crippen LogP contribution in [-0.2, 0) is 13.5 Å². The Kier molecular flexibility index (Phi) is 6.52. The number of para-hydroxylation sites is 1. The first-order chi connectivity index (χ1) is 12.7. The zero-order valence-corrected chi connectivity index (χ0v) is 15.9. The van der Waals surface area contributed by atoms with Gasteiger partial charge in [-0.2, -0.15) is 5.10 Å². The predicted octanol–water partition coefficient (Wildman–Crippen LogP) is 2.19. The van der Waals surface area contributed by atoms with E-state index in [0.29, 0.717) is 6.04 Å². The minimum Gasteiger partial charge on any atom is -0.369 e. The van der Waals surface area contributed by atoms with Crippen LogP contribution in [0.4, 0.5) is 5.69 Å². The molecule has 2 heterocycles. The van der Waals surface area contributed by atoms with Crippen LogP contribution in [0.5, 0.6) is 0 Å². The Bertz CT molecular complexity index is 693. The molecule has 2 aromatic rings. The fourth-order valence-corrected chi connectivity index (χ4v) is 3.34. The van der Waals surface area contributed by atoms with Crippen molar-refractivity contribution in [2.24, 2.45) is 12.0 Å². The van der Waals surface area contributed by atoms with Crippen molar-refractivity contribution in [3.63, 3.8) is 0 Å². The van der Waals surface area contributed by atoms with Gasteiger partial charge in [0.25, 0.3) is 0 Å². The van der Waals surface area contributed by atoms with Crippen molar-refractivity contribution in [2.75, 3.05) is 31.1 Å². The number of anilines is 1. The Hall–Kier alpha value is -2.50. The first-order valence-electron chi connectivity index (χ1n) is 9.57. The number of aromatic nitrogens is 2. The highest BCUT2D eigenvalue weighted by molar-refractivity contribution is 5.80. The molecule has 6 heteroatoms. The van der Waals surface area contributed by atoms with Crippen molar-refractivity contribution in [1.82, 2.24) is 20.4 Å². The zero-order chi connectivity index (χ0) is 18.2. The van der Waals surface area contributed by atoms with Crippen LogP contribution in [0.1, 0.15) is 25.3 Å². The molecule has 1 aromatic carbocycles. The predicted molar refractivity (Wildman–Crippen MR) is 108 cm³/mol. The van der Waals surface area contributed by atoms with Gasteiger partial charge in [-0.15, -0.1) is 0 Å². The minimum absolute atomic E-state index is 0.436. The van der Waals surface area contributed by atoms with Crippen molar-refractivity contribution in [2.45, 2.75) is 32.2 Å². The van der Waals surface area contributed by atoms with Gasteiger partial charge in [-0.1, -0.05) is 18.2 Å². The van der Waals surface area contributed by atoms with E-state index in [1.807, 2.05) is 17.9 Å². The van der Waals surface area contributed by atoms with E-state index in [-0.39, 0.29) is 0 Å². The summed E-state index contributed by atoms with van der Waals surface area (Å²) in [5.74, 6) is 0.929. The third-order valence-corrected chi connectivity index (χ3v) is 4.65. The van der Waals surface area contributed by atoms with Gasteiger partial charge in [0.05, 0.1) is 6.20 Å². The molecule has 6 nitrogen and oxygen atoms in total. The van der Waals surface area contributed by atoms with Gasteiger partial charge < -0.3 is 15.5 Å². The zero-order valence-electron chi connectivity index (χ0n) is 15.9. The lowest BCUT2D eigenvalue weighted by Gasteiger charge is -2.20. The van der Waals surface area contributed by atoms with Crippen LogP contribution in [0, 0.1) is 0 Å². The fraction of sp³-hybridized carbons (Fsp3) is 0.500. The van der Waals surface area contributed by atoms with E-state index in [1.165, 1.54) is 11.3 Å². The first kappa shape index (κ1) is 18.3. The lowest BCUT2D eigenvalue weighted by molar-refractivity contribution is 0.647. The van der Waals surface area contributed by atoms with Crippen LogP contribution in [0.2, 0.25) is 0 Å². The maximum atomic E-state index is 4.75. The minimum atomic E-state index is 0.436. The van der Waals surface area contributed by atoms with Gasteiger partial charge in [0, 0.05) is 51.2 Å². The second kappa shape index (κ2) is 9.27. The third-order valence-electron chi connectivity index (χ3n) is 4.65. The van der Waals surface area contributed by atoms with Gasteiger partial charge in [-0.05, 0) is 43.9 Å². The average molecular weight is 355 g/mol. The van der Waals surface area contributed by atoms with Crippen molar-refractivity contribution in [1.29, 1.82) is 0 Å². The molecule has 3 rings (SSSR count). The van der Waals surface area contributed by atoms with Crippen molar-refractivity contribution >= 4 is 11.6 Å². The number of aliphatic imine (C=N–C) groups is 1. The molecule has 1 aromatic heterocycles. The first-order valence-corrected chi connectivity index (χ1v) is 9.57. The molecule has 0 aliphatic carbocycles. The van der Waals surface area contributed by atoms with Gasteiger partial charge in [0.15, 0.2) is 5.96 Å². The molecular weight excluding hydrogens is 324 g/mol. The van der Waals surface area contributed by atoms with E-state index in [1.54, 1.807) is 0 Å². The molecule has 1 fully saturated rings. The van der Waals surface area contributed by atoms with E-state index in [4.69, 9.17) is 4.99 Å². The summed E-state index contributed by atoms with van der Waals surface area (Å²) in [4.78, 5) is 7.18. The van der Waals surface area contributed by atoms with Gasteiger partial charge in [-0.3, -0.25) is 9.67 Å². The summed E-state index contributed by atoms with van der Waals surface area (Å²) in [7, 11) is 1.95. The highest BCUT2D eigenvalue weighted by atomic mass is 15.2. The van der Waals surface area contributed by atoms with E-state index in [9.17, 15) is 0 Å². The number of hydrogen-bond donors (Lipinski definition) is 2. The van der Waals surface area contributed by atoms with E-state index >= 15 is 0 Å². The van der Waals surface area contributed by atoms with Crippen LogP contribution in [0.15, 0.2) is 47.7 Å². The number of benzene rings is 1. The molecule has 0 radical (unpaired) electrons. The molecule has 0 spiro atoms. The van der Waals surface area contributed by atoms with E-state index < -0.39 is 0 Å². The van der Waals surface area contributed by atoms with E-state index in [2.05, 4.69) is 64.1 Å². The second-order valence-corrected chi connectivity index (χ2v) is 6.80. The average Bonchev–Trinajstić information content (AvgIpc) is 3.29. The molecule has 1 atom stereocenters. The Labute approximate surface area is 156 Å². The van der Waals surface area contributed by atoms with Gasteiger partial charge >= 0.3 is 0 Å². The molecule has 0 bridgehead atoms. The largest absolute Gasteiger partial charge is 0.369 e. The molecule has 1 saturated heterocycles. The Balaban J connectivity index is 1.47. The normalized spacial score (nSPS) is 17.5. The molecule has 1 unspecified atom stereocenters. The van der Waals surface area contributed by atoms with Crippen molar-refractivity contribution in [3.8, 4) is 0 Å². The van der Waals surface area contributed by atoms with Gasteiger partial charge in [0.2, 0.25) is 0 Å². The quantitative estimate of drug-likeness (QED) is 0.455. The van der Waals surface area contributed by atoms with Gasteiger partial charge in [0.1, 0.15) is 0 Å². The SMILES string of the molecule is CCNC(=NCCCc1cnn(C)c1)NC1CCN(c2ccccc2)C1. The van der Waals surface area contributed by atoms with Crippen LogP contribution < -0.4 is 15.5 Å². The molecule has 1 aliphatic rings. The summed E-state index contributed by atoms with van der Waals surface area (Å²) in [5.41, 5.74) is 2.57. The Morgan fingerprint density at radius 1 is 1.31 bits per heavy atom. The van der Waals surface area contributed by atoms with Crippen molar-refractivity contribution in [3.05, 3.63) is 48.3 Å². The Morgan fingerprint density at radius 3 is 2.88 bits per heavy atom. The summed E-state index contributed by atoms with van der Waals surface area (Å²) >= 11 is 0. The van der Waals surface area contributed by atoms with Crippen LogP contribution in [0.3, 0.4) is 0 Å². The number of guanidine groups is 1. The van der Waals surface area contributed by atoms with Crippen LogP contribution in [0.25, 0.3) is 0 Å². The number of nitrogens with zero attached hydrogens (tertiary/aromatic N) is 4. The standard InChI is InChI=1S/C20H30N6/c1-3-21-20(22-12-7-8-17-14-23-25(2)15-17)24-18-11-13-26(16-18)19-9-5-4-6-10-19/h4-6,9-10,14-15,18H,3,7-8,11-13,16H2,1-2H3,(H2,21,22,24). The fourth-order valence-electron chi connectivity index (χ4n) is 3.34. The smallest absolute Gasteiger partial charge is 0.191 e. The van der Waals surface area contributed by atoms with Gasteiger partial charge in [-0.25, -0.2) is 0 Å². The molecule has 1 aliphatic heterocycles. The van der Waals surface area contributed by atoms with Crippen LogP contribution in [-0.4, -0.2) is 48.0 Å². The molecule has 0 saturated carbocycles. The highest BCUT2D eigenvalue weighted by Crippen LogP contribution is 2.19. The molecule has 2 N–H and O–H groups in total. The second-order valence-electron chi connectivity index (χ2n) is 6.80. The third kappa shape index (κ3) is 5.25. The number of rotatable bonds is 7. The monoisotopic (exact) mass is 354 g/mol. The number of hydrogen-bond acceptors (Lipinski definition) is 3. The summed E-state index contributed by atoms with van der Waals surface area (Å²) in [5, 5.41) is 11.2. The summed E-state index contributed by atoms with van der Waals surface area (Å²) < 4.78 is 1.85. The lowest BCUT2D eigenvalue weighted by Crippen LogP contribution is -2.44. The number of nitrogens with one attached hydrogen (secondary N) is 2. The van der Waals surface area contributed by atoms with Crippen LogP contribution >= 0.6 is 0 Å². The maximum absolute atomic E-state index is 4.75. The lowest BCUT2D eigenvalue weighted by atomic mass is 10.2. The van der Waals surface area contributed by atoms with Crippen molar-refractivity contribution < 1.29 is 0 Å². The Morgan fingerprint density at radius 2 is 2.15 bits per heavy atom. The van der Waals surface area contributed by atoms with E-state index in [0.717, 1.165) is 51.4 Å². The number of aryl methyl sites for hydroxylation is 2. The maximum Gasteiger partial charge on any atom is 0.191 e. The molecular formula is C20H30N6. The summed E-state index contributed by atoms with van der Waals surface area (Å²) in [6, 6.07) is 11.1. The summed E-state index contributed by atoms with van der Waals surface area (Å²) in [6.45, 7) is 5.91. The highest BCUT2D eigenvalue weighted by Gasteiger charge is 2.23. The summed E-state index contributed by atoms with van der Waals surface area (Å²) in [6.07, 6.45) is 7.19. The molecule has 140 valence electrons.